The molecule has 0 heterocycles. The Morgan fingerprint density at radius 1 is 0.955 bits per heavy atom. The van der Waals surface area contributed by atoms with Crippen LogP contribution in [0.2, 0.25) is 0 Å². The summed E-state index contributed by atoms with van der Waals surface area (Å²) < 4.78 is 32.0. The zero-order valence-corrected chi connectivity index (χ0v) is 29.0. The van der Waals surface area contributed by atoms with Crippen LogP contribution in [-0.2, 0) is 19.4 Å². The number of carbonyl (C=O) groups is 2. The van der Waals surface area contributed by atoms with Crippen LogP contribution in [0.25, 0.3) is 0 Å². The molecule has 0 aliphatic heterocycles. The largest absolute Gasteiger partial charge is 0.446 e. The minimum atomic E-state index is -3.33. The van der Waals surface area contributed by atoms with Crippen molar-refractivity contribution in [1.82, 2.24) is 5.32 Å². The summed E-state index contributed by atoms with van der Waals surface area (Å²) in [6.07, 6.45) is 14.1. The van der Waals surface area contributed by atoms with Gasteiger partial charge in [0.25, 0.3) is 0 Å². The summed E-state index contributed by atoms with van der Waals surface area (Å²) in [7, 11) is -1.68. The predicted molar refractivity (Wildman–Crippen MR) is 174 cm³/mol. The van der Waals surface area contributed by atoms with E-state index in [1.165, 1.54) is 6.42 Å². The van der Waals surface area contributed by atoms with E-state index < -0.39 is 9.84 Å². The van der Waals surface area contributed by atoms with Gasteiger partial charge in [-0.3, -0.25) is 4.79 Å². The van der Waals surface area contributed by atoms with Gasteiger partial charge in [0.15, 0.2) is 9.84 Å². The zero-order chi connectivity index (χ0) is 31.9. The molecule has 0 saturated heterocycles. The van der Waals surface area contributed by atoms with Crippen LogP contribution < -0.4 is 5.32 Å². The number of sulfone groups is 1. The summed E-state index contributed by atoms with van der Waals surface area (Å²) in [6, 6.07) is 0. The molecule has 0 radical (unpaired) electrons. The van der Waals surface area contributed by atoms with Crippen molar-refractivity contribution in [3.63, 3.8) is 0 Å². The van der Waals surface area contributed by atoms with Crippen molar-refractivity contribution < 1.29 is 27.9 Å². The molecule has 8 heteroatoms. The maximum absolute atomic E-state index is 12.8. The third-order valence-electron chi connectivity index (χ3n) is 14.1. The van der Waals surface area contributed by atoms with Gasteiger partial charge in [0.05, 0.1) is 11.4 Å². The number of alkyl carbamates (subject to hydrolysis) is 1. The topological polar surface area (TPSA) is 110 Å². The van der Waals surface area contributed by atoms with E-state index in [0.29, 0.717) is 54.8 Å². The first-order chi connectivity index (χ1) is 20.9. The van der Waals surface area contributed by atoms with Crippen LogP contribution in [0.3, 0.4) is 0 Å². The van der Waals surface area contributed by atoms with Gasteiger partial charge in [-0.05, 0) is 117 Å². The van der Waals surface area contributed by atoms with E-state index in [4.69, 9.17) is 4.74 Å². The Labute approximate surface area is 267 Å². The van der Waals surface area contributed by atoms with Crippen molar-refractivity contribution >= 4 is 21.7 Å². The fourth-order valence-electron chi connectivity index (χ4n) is 11.9. The third kappa shape index (κ3) is 6.38. The number of hydrogen-bond acceptors (Lipinski definition) is 6. The standard InChI is InChI=1S/C36H61NO6S/c1-6-27-31-21-24(38)17-19-36(31,4)30-18-20-35(3)28(15-16-29(35)32(30)33(27)43-34(40)37-5)23(2)11-10-12-25(39)22-44(41,42)26-13-8-7-9-14-26/h23-24,26-33,38H,6-22H2,1-5H3,(H,37,40)/t23-,24-,27-,28-,29+,30+,31+,32+,33-,35-,36-/m1/s1. The number of hydrogen-bond donors (Lipinski definition) is 2. The normalized spacial score (nSPS) is 41.6. The van der Waals surface area contributed by atoms with Crippen molar-refractivity contribution in [2.75, 3.05) is 12.8 Å². The Hall–Kier alpha value is -1.15. The van der Waals surface area contributed by atoms with Gasteiger partial charge in [0, 0.05) is 19.4 Å². The molecule has 2 N–H and O–H groups in total. The maximum atomic E-state index is 12.8. The molecular weight excluding hydrogens is 574 g/mol. The Morgan fingerprint density at radius 3 is 2.32 bits per heavy atom. The molecule has 0 aromatic carbocycles. The molecule has 252 valence electrons. The molecule has 5 saturated carbocycles. The quantitative estimate of drug-likeness (QED) is 0.265. The van der Waals surface area contributed by atoms with Crippen LogP contribution in [0.1, 0.15) is 130 Å². The van der Waals surface area contributed by atoms with Crippen molar-refractivity contribution in [2.24, 2.45) is 52.3 Å². The molecule has 0 aromatic rings. The Balaban J connectivity index is 1.27. The van der Waals surface area contributed by atoms with Crippen LogP contribution >= 0.6 is 0 Å². The van der Waals surface area contributed by atoms with Gasteiger partial charge in [-0.1, -0.05) is 53.4 Å². The number of carbonyl (C=O) groups excluding carboxylic acids is 2. The van der Waals surface area contributed by atoms with E-state index in [1.54, 1.807) is 7.05 Å². The lowest BCUT2D eigenvalue weighted by Crippen LogP contribution is -2.63. The number of aliphatic hydroxyl groups excluding tert-OH is 1. The number of fused-ring (bicyclic) bond motifs is 5. The first-order valence-electron chi connectivity index (χ1n) is 18.1. The van der Waals surface area contributed by atoms with Gasteiger partial charge in [-0.2, -0.15) is 0 Å². The van der Waals surface area contributed by atoms with E-state index >= 15 is 0 Å². The van der Waals surface area contributed by atoms with E-state index in [1.807, 2.05) is 0 Å². The molecule has 7 nitrogen and oxygen atoms in total. The number of aliphatic hydroxyl groups is 1. The highest BCUT2D eigenvalue weighted by Crippen LogP contribution is 2.70. The number of ketones is 1. The number of ether oxygens (including phenoxy) is 1. The zero-order valence-electron chi connectivity index (χ0n) is 28.2. The van der Waals surface area contributed by atoms with Crippen LogP contribution in [0.5, 0.6) is 0 Å². The average Bonchev–Trinajstić information content (AvgIpc) is 3.35. The fourth-order valence-corrected chi connectivity index (χ4v) is 13.8. The summed E-state index contributed by atoms with van der Waals surface area (Å²) in [5.41, 5.74) is 0.325. The van der Waals surface area contributed by atoms with E-state index in [0.717, 1.165) is 77.0 Å². The molecule has 5 aliphatic rings. The van der Waals surface area contributed by atoms with Crippen LogP contribution in [-0.4, -0.2) is 55.7 Å². The number of amides is 1. The summed E-state index contributed by atoms with van der Waals surface area (Å²) >= 11 is 0. The first kappa shape index (κ1) is 34.2. The average molecular weight is 636 g/mol. The van der Waals surface area contributed by atoms with Crippen molar-refractivity contribution in [1.29, 1.82) is 0 Å². The second kappa shape index (κ2) is 13.5. The lowest BCUT2D eigenvalue weighted by Gasteiger charge is -2.65. The van der Waals surface area contributed by atoms with Gasteiger partial charge in [0.2, 0.25) is 0 Å². The maximum Gasteiger partial charge on any atom is 0.407 e. The number of rotatable bonds is 10. The van der Waals surface area contributed by atoms with Gasteiger partial charge in [-0.15, -0.1) is 0 Å². The minimum absolute atomic E-state index is 0.110. The molecule has 0 unspecified atom stereocenters. The van der Waals surface area contributed by atoms with Crippen molar-refractivity contribution in [3.05, 3.63) is 0 Å². The second-order valence-corrected chi connectivity index (χ2v) is 18.5. The van der Waals surface area contributed by atoms with Gasteiger partial charge in [-0.25, -0.2) is 13.2 Å². The highest BCUT2D eigenvalue weighted by molar-refractivity contribution is 7.92. The molecule has 44 heavy (non-hydrogen) atoms. The Kier molecular flexibility index (Phi) is 10.5. The lowest BCUT2D eigenvalue weighted by atomic mass is 9.41. The second-order valence-electron chi connectivity index (χ2n) is 16.2. The van der Waals surface area contributed by atoms with Gasteiger partial charge < -0.3 is 15.2 Å². The predicted octanol–water partition coefficient (Wildman–Crippen LogP) is 7.10. The molecular formula is C36H61NO6S. The minimum Gasteiger partial charge on any atom is -0.446 e. The van der Waals surface area contributed by atoms with Crippen molar-refractivity contribution in [2.45, 2.75) is 148 Å². The third-order valence-corrected chi connectivity index (χ3v) is 16.3. The van der Waals surface area contributed by atoms with Crippen LogP contribution in [0.4, 0.5) is 4.79 Å². The van der Waals surface area contributed by atoms with Gasteiger partial charge in [0.1, 0.15) is 17.6 Å². The number of nitrogens with one attached hydrogen (secondary N) is 1. The molecule has 11 atom stereocenters. The van der Waals surface area contributed by atoms with E-state index in [9.17, 15) is 23.1 Å². The molecule has 5 rings (SSSR count). The first-order valence-corrected chi connectivity index (χ1v) is 19.9. The smallest absolute Gasteiger partial charge is 0.407 e. The monoisotopic (exact) mass is 635 g/mol. The fraction of sp³-hybridized carbons (Fsp3) is 0.944. The lowest BCUT2D eigenvalue weighted by molar-refractivity contribution is -0.203. The highest BCUT2D eigenvalue weighted by Gasteiger charge is 2.66. The Bertz CT molecular complexity index is 1140. The highest BCUT2D eigenvalue weighted by atomic mass is 32.2. The van der Waals surface area contributed by atoms with Crippen molar-refractivity contribution in [3.8, 4) is 0 Å². The molecule has 5 aliphatic carbocycles. The SMILES string of the molecule is CC[C@H]1[C@@H](OC(=O)NC)[C@@H]2[C@H](CC[C@]3(C)[C@@H]([C@H](C)CCCC(=O)CS(=O)(=O)C4CCCCC4)CC[C@@H]23)[C@@]2(C)CC[C@@H](O)C[C@@H]12. The summed E-state index contributed by atoms with van der Waals surface area (Å²) in [5.74, 6) is 2.56. The summed E-state index contributed by atoms with van der Waals surface area (Å²) in [5, 5.41) is 13.1. The molecule has 0 spiro atoms. The number of Topliss-reactive ketones (excluding diaryl/α,β-unsaturated/α-hetero) is 1. The van der Waals surface area contributed by atoms with E-state index in [2.05, 4.69) is 33.0 Å². The Morgan fingerprint density at radius 2 is 1.64 bits per heavy atom. The summed E-state index contributed by atoms with van der Waals surface area (Å²) in [4.78, 5) is 25.6. The molecule has 0 aromatic heterocycles. The molecule has 5 fully saturated rings. The van der Waals surface area contributed by atoms with Gasteiger partial charge >= 0.3 is 6.09 Å². The summed E-state index contributed by atoms with van der Waals surface area (Å²) in [6.45, 7) is 9.57. The van der Waals surface area contributed by atoms with Crippen LogP contribution in [0.15, 0.2) is 0 Å². The van der Waals surface area contributed by atoms with Crippen LogP contribution in [0, 0.1) is 52.3 Å². The van der Waals surface area contributed by atoms with E-state index in [-0.39, 0.29) is 51.8 Å². The molecule has 1 amide bonds. The molecule has 0 bridgehead atoms.